The van der Waals surface area contributed by atoms with Crippen LogP contribution in [0.1, 0.15) is 18.1 Å². The first-order valence-corrected chi connectivity index (χ1v) is 11.9. The third-order valence-corrected chi connectivity index (χ3v) is 5.68. The molecule has 0 aliphatic heterocycles. The lowest BCUT2D eigenvalue weighted by molar-refractivity contribution is 0.269. The number of halogens is 1. The Balaban J connectivity index is 1.48. The largest absolute Gasteiger partial charge is 0.490 e. The van der Waals surface area contributed by atoms with Gasteiger partial charge in [0.1, 0.15) is 12.4 Å². The first-order valence-electron chi connectivity index (χ1n) is 11.9. The third-order valence-electron chi connectivity index (χ3n) is 5.68. The highest BCUT2D eigenvalue weighted by Gasteiger charge is 2.12. The van der Waals surface area contributed by atoms with Crippen molar-refractivity contribution in [1.82, 2.24) is 9.66 Å². The molecule has 0 atom stereocenters. The fraction of sp³-hybridized carbons (Fsp3) is 0.100. The van der Waals surface area contributed by atoms with Crippen LogP contribution < -0.4 is 15.0 Å². The molecule has 0 aliphatic carbocycles. The second-order valence-electron chi connectivity index (χ2n) is 8.23. The number of para-hydroxylation sites is 1. The average Bonchev–Trinajstić information content (AvgIpc) is 2.93. The van der Waals surface area contributed by atoms with Crippen molar-refractivity contribution in [1.29, 1.82) is 0 Å². The van der Waals surface area contributed by atoms with Gasteiger partial charge in [0.05, 0.1) is 23.7 Å². The van der Waals surface area contributed by atoms with Crippen molar-refractivity contribution < 1.29 is 13.9 Å². The molecular weight excluding hydrogens is 469 g/mol. The van der Waals surface area contributed by atoms with Crippen molar-refractivity contribution >= 4 is 17.1 Å². The minimum Gasteiger partial charge on any atom is -0.490 e. The van der Waals surface area contributed by atoms with Gasteiger partial charge in [-0.05, 0) is 60.5 Å². The number of aromatic nitrogens is 2. The molecule has 6 nitrogen and oxygen atoms in total. The Morgan fingerprint density at radius 1 is 0.892 bits per heavy atom. The molecule has 37 heavy (non-hydrogen) atoms. The van der Waals surface area contributed by atoms with E-state index in [-0.39, 0.29) is 18.0 Å². The molecule has 5 aromatic rings. The van der Waals surface area contributed by atoms with Crippen LogP contribution in [0.15, 0.2) is 107 Å². The Labute approximate surface area is 213 Å². The minimum absolute atomic E-state index is 0.259. The van der Waals surface area contributed by atoms with Crippen LogP contribution in [0.2, 0.25) is 0 Å². The quantitative estimate of drug-likeness (QED) is 0.246. The topological polar surface area (TPSA) is 65.7 Å². The van der Waals surface area contributed by atoms with Gasteiger partial charge in [-0.1, -0.05) is 54.6 Å². The summed E-state index contributed by atoms with van der Waals surface area (Å²) in [6.07, 6.45) is 1.59. The number of fused-ring (bicyclic) bond motifs is 1. The Hall–Kier alpha value is -4.78. The number of rotatable bonds is 8. The van der Waals surface area contributed by atoms with Crippen LogP contribution in [0.25, 0.3) is 22.3 Å². The van der Waals surface area contributed by atoms with Crippen molar-refractivity contribution in [2.75, 3.05) is 6.61 Å². The molecule has 7 heteroatoms. The van der Waals surface area contributed by atoms with Gasteiger partial charge < -0.3 is 9.47 Å². The average molecular weight is 494 g/mol. The van der Waals surface area contributed by atoms with Gasteiger partial charge in [-0.25, -0.2) is 9.37 Å². The van der Waals surface area contributed by atoms with Crippen LogP contribution in [0.4, 0.5) is 4.39 Å². The summed E-state index contributed by atoms with van der Waals surface area (Å²) in [5, 5.41) is 5.01. The number of ether oxygens (including phenoxy) is 2. The fourth-order valence-corrected chi connectivity index (χ4v) is 3.86. The van der Waals surface area contributed by atoms with Gasteiger partial charge in [-0.15, -0.1) is 0 Å². The Morgan fingerprint density at radius 3 is 2.43 bits per heavy atom. The van der Waals surface area contributed by atoms with Crippen molar-refractivity contribution in [3.8, 4) is 22.9 Å². The lowest BCUT2D eigenvalue weighted by Crippen LogP contribution is -2.20. The van der Waals surface area contributed by atoms with E-state index >= 15 is 0 Å². The third kappa shape index (κ3) is 5.41. The summed E-state index contributed by atoms with van der Waals surface area (Å²) in [5.41, 5.74) is 2.69. The Bertz CT molecular complexity index is 1610. The van der Waals surface area contributed by atoms with E-state index in [0.717, 1.165) is 16.7 Å². The van der Waals surface area contributed by atoms with E-state index in [1.54, 1.807) is 42.6 Å². The maximum atomic E-state index is 13.3. The first-order chi connectivity index (χ1) is 18.1. The molecule has 0 bridgehead atoms. The van der Waals surface area contributed by atoms with E-state index in [2.05, 4.69) is 5.10 Å². The zero-order valence-corrected chi connectivity index (χ0v) is 20.2. The molecule has 0 saturated carbocycles. The van der Waals surface area contributed by atoms with E-state index in [1.165, 1.54) is 16.8 Å². The zero-order valence-electron chi connectivity index (χ0n) is 20.2. The molecule has 0 saturated heterocycles. The molecule has 0 N–H and O–H groups in total. The molecule has 1 aromatic heterocycles. The first kappa shape index (κ1) is 23.9. The molecular formula is C30H24FN3O3. The molecule has 4 aromatic carbocycles. The summed E-state index contributed by atoms with van der Waals surface area (Å²) in [6, 6.07) is 28.3. The second kappa shape index (κ2) is 10.9. The van der Waals surface area contributed by atoms with Crippen molar-refractivity contribution in [2.45, 2.75) is 13.5 Å². The van der Waals surface area contributed by atoms with Gasteiger partial charge in [0, 0.05) is 5.56 Å². The van der Waals surface area contributed by atoms with Gasteiger partial charge in [0.25, 0.3) is 5.56 Å². The smallest absolute Gasteiger partial charge is 0.282 e. The summed E-state index contributed by atoms with van der Waals surface area (Å²) >= 11 is 0. The molecule has 5 rings (SSSR count). The standard InChI is InChI=1S/C30H24FN3O3/c1-2-36-28-18-22(14-17-27(28)37-20-21-12-15-24(31)16-13-21)19-32-34-29(23-8-4-3-5-9-23)33-26-11-7-6-10-25(26)30(34)35/h3-19H,2,20H2,1H3. The Kier molecular flexibility index (Phi) is 7.03. The number of nitrogens with zero attached hydrogens (tertiary/aromatic N) is 3. The maximum Gasteiger partial charge on any atom is 0.282 e. The van der Waals surface area contributed by atoms with Crippen LogP contribution in [0.3, 0.4) is 0 Å². The molecule has 0 fully saturated rings. The summed E-state index contributed by atoms with van der Waals surface area (Å²) < 4.78 is 26.2. The Morgan fingerprint density at radius 2 is 1.65 bits per heavy atom. The van der Waals surface area contributed by atoms with Gasteiger partial charge >= 0.3 is 0 Å². The molecule has 0 unspecified atom stereocenters. The summed E-state index contributed by atoms with van der Waals surface area (Å²) in [6.45, 7) is 2.60. The lowest BCUT2D eigenvalue weighted by Gasteiger charge is -2.13. The van der Waals surface area contributed by atoms with Crippen molar-refractivity contribution in [3.63, 3.8) is 0 Å². The van der Waals surface area contributed by atoms with Crippen LogP contribution >= 0.6 is 0 Å². The van der Waals surface area contributed by atoms with Crippen LogP contribution in [0, 0.1) is 5.82 Å². The molecule has 0 spiro atoms. The highest BCUT2D eigenvalue weighted by atomic mass is 19.1. The SMILES string of the molecule is CCOc1cc(C=Nn2c(-c3ccccc3)nc3ccccc3c2=O)ccc1OCc1ccc(F)cc1. The van der Waals surface area contributed by atoms with E-state index in [4.69, 9.17) is 14.5 Å². The fourth-order valence-electron chi connectivity index (χ4n) is 3.86. The molecule has 0 aliphatic rings. The minimum atomic E-state index is -0.293. The second-order valence-corrected chi connectivity index (χ2v) is 8.23. The molecule has 0 amide bonds. The van der Waals surface area contributed by atoms with Crippen molar-refractivity contribution in [2.24, 2.45) is 5.10 Å². The predicted octanol–water partition coefficient (Wildman–Crippen LogP) is 6.06. The number of hydrogen-bond donors (Lipinski definition) is 0. The zero-order chi connectivity index (χ0) is 25.6. The van der Waals surface area contributed by atoms with Gasteiger partial charge in [-0.3, -0.25) is 4.79 Å². The molecule has 184 valence electrons. The van der Waals surface area contributed by atoms with Crippen LogP contribution in [-0.4, -0.2) is 22.5 Å². The van der Waals surface area contributed by atoms with Crippen molar-refractivity contribution in [3.05, 3.63) is 124 Å². The maximum absolute atomic E-state index is 13.3. The molecule has 1 heterocycles. The van der Waals surface area contributed by atoms with Crippen LogP contribution in [0.5, 0.6) is 11.5 Å². The van der Waals surface area contributed by atoms with E-state index in [0.29, 0.717) is 34.8 Å². The highest BCUT2D eigenvalue weighted by molar-refractivity contribution is 5.82. The number of hydrogen-bond acceptors (Lipinski definition) is 5. The lowest BCUT2D eigenvalue weighted by atomic mass is 10.2. The van der Waals surface area contributed by atoms with Gasteiger partial charge in [-0.2, -0.15) is 9.78 Å². The van der Waals surface area contributed by atoms with Gasteiger partial charge in [0.15, 0.2) is 17.3 Å². The van der Waals surface area contributed by atoms with E-state index < -0.39 is 0 Å². The summed E-state index contributed by atoms with van der Waals surface area (Å²) in [5.74, 6) is 1.25. The van der Waals surface area contributed by atoms with Gasteiger partial charge in [0.2, 0.25) is 0 Å². The monoisotopic (exact) mass is 493 g/mol. The predicted molar refractivity (Wildman–Crippen MR) is 143 cm³/mol. The molecule has 0 radical (unpaired) electrons. The highest BCUT2D eigenvalue weighted by Crippen LogP contribution is 2.29. The van der Waals surface area contributed by atoms with E-state index in [9.17, 15) is 9.18 Å². The number of benzene rings is 4. The summed E-state index contributed by atoms with van der Waals surface area (Å²) in [4.78, 5) is 18.1. The normalized spacial score (nSPS) is 11.2. The summed E-state index contributed by atoms with van der Waals surface area (Å²) in [7, 11) is 0. The van der Waals surface area contributed by atoms with E-state index in [1.807, 2.05) is 55.5 Å². The van der Waals surface area contributed by atoms with Crippen LogP contribution in [-0.2, 0) is 6.61 Å².